The molecule has 0 aliphatic carbocycles. The second-order valence-corrected chi connectivity index (χ2v) is 10.2. The van der Waals surface area contributed by atoms with E-state index in [1.807, 2.05) is 32.9 Å². The minimum atomic E-state index is -4.43. The van der Waals surface area contributed by atoms with E-state index >= 15 is 0 Å². The quantitative estimate of drug-likeness (QED) is 0.453. The molecule has 1 amide bonds. The van der Waals surface area contributed by atoms with Crippen molar-refractivity contribution in [3.63, 3.8) is 0 Å². The first-order valence-corrected chi connectivity index (χ1v) is 11.5. The molecule has 1 aliphatic heterocycles. The molecule has 9 heteroatoms. The van der Waals surface area contributed by atoms with Gasteiger partial charge in [-0.2, -0.15) is 13.2 Å². The van der Waals surface area contributed by atoms with Crippen LogP contribution in [-0.4, -0.2) is 41.3 Å². The van der Waals surface area contributed by atoms with Gasteiger partial charge in [-0.05, 0) is 69.0 Å². The molecule has 1 aromatic carbocycles. The Labute approximate surface area is 200 Å². The highest BCUT2D eigenvalue weighted by atomic mass is 79.9. The van der Waals surface area contributed by atoms with Crippen LogP contribution in [0.4, 0.5) is 18.0 Å². The van der Waals surface area contributed by atoms with Gasteiger partial charge in [0.2, 0.25) is 0 Å². The first kappa shape index (κ1) is 25.5. The predicted molar refractivity (Wildman–Crippen MR) is 122 cm³/mol. The molecule has 0 bridgehead atoms. The van der Waals surface area contributed by atoms with Crippen molar-refractivity contribution < 1.29 is 27.4 Å². The van der Waals surface area contributed by atoms with Crippen molar-refractivity contribution in [2.75, 3.05) is 19.7 Å². The van der Waals surface area contributed by atoms with Crippen molar-refractivity contribution in [1.82, 2.24) is 9.88 Å². The first-order valence-electron chi connectivity index (χ1n) is 10.7. The number of rotatable bonds is 5. The fourth-order valence-electron chi connectivity index (χ4n) is 3.90. The molecule has 0 unspecified atom stereocenters. The SMILES string of the molecule is CC(C)(C)OC(=O)N1CCC(COCc2cc(Br)cc(C(F)(F)F)c2)(c2cccnc2)CC1. The molecule has 1 saturated heterocycles. The summed E-state index contributed by atoms with van der Waals surface area (Å²) in [6.07, 6.45) is -0.0446. The monoisotopic (exact) mass is 528 g/mol. The van der Waals surface area contributed by atoms with Crippen LogP contribution < -0.4 is 0 Å². The number of pyridine rings is 1. The molecule has 3 rings (SSSR count). The number of benzene rings is 1. The van der Waals surface area contributed by atoms with E-state index in [0.717, 1.165) is 17.7 Å². The molecule has 0 saturated carbocycles. The van der Waals surface area contributed by atoms with Crippen LogP contribution in [0.25, 0.3) is 0 Å². The lowest BCUT2D eigenvalue weighted by Crippen LogP contribution is -2.48. The van der Waals surface area contributed by atoms with E-state index in [4.69, 9.17) is 9.47 Å². The van der Waals surface area contributed by atoms with E-state index in [-0.39, 0.29) is 12.7 Å². The lowest BCUT2D eigenvalue weighted by atomic mass is 9.74. The number of ether oxygens (including phenoxy) is 2. The van der Waals surface area contributed by atoms with Gasteiger partial charge in [0, 0.05) is 35.4 Å². The third-order valence-corrected chi connectivity index (χ3v) is 6.04. The number of amides is 1. The van der Waals surface area contributed by atoms with Gasteiger partial charge in [0.15, 0.2) is 0 Å². The summed E-state index contributed by atoms with van der Waals surface area (Å²) in [5.41, 5.74) is -0.269. The van der Waals surface area contributed by atoms with Gasteiger partial charge in [-0.1, -0.05) is 22.0 Å². The molecule has 1 fully saturated rings. The Hall–Kier alpha value is -2.13. The van der Waals surface area contributed by atoms with E-state index in [1.54, 1.807) is 23.4 Å². The molecule has 33 heavy (non-hydrogen) atoms. The highest BCUT2D eigenvalue weighted by Crippen LogP contribution is 2.37. The molecular formula is C24H28BrF3N2O3. The topological polar surface area (TPSA) is 51.7 Å². The highest BCUT2D eigenvalue weighted by Gasteiger charge is 2.39. The fraction of sp³-hybridized carbons (Fsp3) is 0.500. The summed E-state index contributed by atoms with van der Waals surface area (Å²) in [6.45, 7) is 6.80. The summed E-state index contributed by atoms with van der Waals surface area (Å²) >= 11 is 3.15. The van der Waals surface area contributed by atoms with Crippen molar-refractivity contribution in [1.29, 1.82) is 0 Å². The summed E-state index contributed by atoms with van der Waals surface area (Å²) in [4.78, 5) is 18.4. The molecule has 2 heterocycles. The minimum absolute atomic E-state index is 0.0420. The van der Waals surface area contributed by atoms with Gasteiger partial charge in [-0.25, -0.2) is 4.79 Å². The number of nitrogens with zero attached hydrogens (tertiary/aromatic N) is 2. The van der Waals surface area contributed by atoms with E-state index in [9.17, 15) is 18.0 Å². The summed E-state index contributed by atoms with van der Waals surface area (Å²) in [7, 11) is 0. The third-order valence-electron chi connectivity index (χ3n) is 5.58. The zero-order valence-corrected chi connectivity index (χ0v) is 20.5. The maximum Gasteiger partial charge on any atom is 0.416 e. The maximum atomic E-state index is 13.1. The molecule has 5 nitrogen and oxygen atoms in total. The molecule has 0 N–H and O–H groups in total. The van der Waals surface area contributed by atoms with Gasteiger partial charge in [-0.3, -0.25) is 4.98 Å². The van der Waals surface area contributed by atoms with Crippen molar-refractivity contribution in [2.45, 2.75) is 57.4 Å². The summed E-state index contributed by atoms with van der Waals surface area (Å²) in [6, 6.07) is 7.60. The standard InChI is InChI=1S/C24H28BrF3N2O3/c1-22(2,3)33-21(31)30-9-6-23(7-10-30,18-5-4-8-29-14-18)16-32-15-17-11-19(24(26,27)28)13-20(25)12-17/h4-5,8,11-14H,6-7,9-10,15-16H2,1-3H3. The molecule has 0 atom stereocenters. The Morgan fingerprint density at radius 1 is 1.18 bits per heavy atom. The van der Waals surface area contributed by atoms with Crippen LogP contribution >= 0.6 is 15.9 Å². The number of likely N-dealkylation sites (tertiary alicyclic amines) is 1. The molecular weight excluding hydrogens is 501 g/mol. The molecule has 0 spiro atoms. The first-order chi connectivity index (χ1) is 15.4. The number of alkyl halides is 3. The van der Waals surface area contributed by atoms with E-state index in [0.29, 0.717) is 42.6 Å². The Balaban J connectivity index is 1.71. The van der Waals surface area contributed by atoms with Crippen LogP contribution in [0.15, 0.2) is 47.2 Å². The zero-order valence-electron chi connectivity index (χ0n) is 18.9. The smallest absolute Gasteiger partial charge is 0.416 e. The lowest BCUT2D eigenvalue weighted by Gasteiger charge is -2.42. The largest absolute Gasteiger partial charge is 0.444 e. The van der Waals surface area contributed by atoms with Crippen molar-refractivity contribution >= 4 is 22.0 Å². The second-order valence-electron chi connectivity index (χ2n) is 9.33. The number of carbonyl (C=O) groups is 1. The number of piperidine rings is 1. The zero-order chi connectivity index (χ0) is 24.3. The van der Waals surface area contributed by atoms with Gasteiger partial charge in [0.1, 0.15) is 5.60 Å². The minimum Gasteiger partial charge on any atom is -0.444 e. The third kappa shape index (κ3) is 6.93. The summed E-state index contributed by atoms with van der Waals surface area (Å²) < 4.78 is 51.2. The average Bonchev–Trinajstić information content (AvgIpc) is 2.72. The van der Waals surface area contributed by atoms with Crippen LogP contribution in [0.1, 0.15) is 50.3 Å². The number of hydrogen-bond acceptors (Lipinski definition) is 4. The van der Waals surface area contributed by atoms with Crippen LogP contribution in [0.3, 0.4) is 0 Å². The molecule has 0 radical (unpaired) electrons. The molecule has 1 aromatic heterocycles. The second kappa shape index (κ2) is 10.0. The lowest BCUT2D eigenvalue weighted by molar-refractivity contribution is -0.137. The number of halogens is 4. The summed E-state index contributed by atoms with van der Waals surface area (Å²) in [5, 5.41) is 0. The maximum absolute atomic E-state index is 13.1. The van der Waals surface area contributed by atoms with Crippen LogP contribution in [0.2, 0.25) is 0 Å². The van der Waals surface area contributed by atoms with E-state index in [2.05, 4.69) is 20.9 Å². The average molecular weight is 529 g/mol. The van der Waals surface area contributed by atoms with Crippen molar-refractivity contribution in [3.05, 3.63) is 63.9 Å². The normalized spacial score (nSPS) is 16.5. The number of carbonyl (C=O) groups excluding carboxylic acids is 1. The van der Waals surface area contributed by atoms with Gasteiger partial charge < -0.3 is 14.4 Å². The number of hydrogen-bond donors (Lipinski definition) is 0. The van der Waals surface area contributed by atoms with Gasteiger partial charge in [-0.15, -0.1) is 0 Å². The van der Waals surface area contributed by atoms with E-state index < -0.39 is 22.8 Å². The van der Waals surface area contributed by atoms with E-state index in [1.165, 1.54) is 0 Å². The highest BCUT2D eigenvalue weighted by molar-refractivity contribution is 9.10. The van der Waals surface area contributed by atoms with Gasteiger partial charge >= 0.3 is 12.3 Å². The predicted octanol–water partition coefficient (Wildman–Crippen LogP) is 6.35. The molecule has 180 valence electrons. The van der Waals surface area contributed by atoms with Crippen LogP contribution in [0, 0.1) is 0 Å². The molecule has 1 aliphatic rings. The van der Waals surface area contributed by atoms with Gasteiger partial charge in [0.05, 0.1) is 18.8 Å². The Morgan fingerprint density at radius 2 is 1.88 bits per heavy atom. The number of aromatic nitrogens is 1. The summed E-state index contributed by atoms with van der Waals surface area (Å²) in [5.74, 6) is 0. The van der Waals surface area contributed by atoms with Crippen molar-refractivity contribution in [3.8, 4) is 0 Å². The Kier molecular flexibility index (Phi) is 7.73. The Morgan fingerprint density at radius 3 is 2.45 bits per heavy atom. The van der Waals surface area contributed by atoms with Gasteiger partial charge in [0.25, 0.3) is 0 Å². The Bertz CT molecular complexity index is 954. The molecule has 2 aromatic rings. The fourth-order valence-corrected chi connectivity index (χ4v) is 4.44. The van der Waals surface area contributed by atoms with Crippen LogP contribution in [0.5, 0.6) is 0 Å². The van der Waals surface area contributed by atoms with Crippen LogP contribution in [-0.2, 0) is 27.7 Å². The van der Waals surface area contributed by atoms with Crippen molar-refractivity contribution in [2.24, 2.45) is 0 Å².